The van der Waals surface area contributed by atoms with Gasteiger partial charge in [0.05, 0.1) is 5.56 Å². The quantitative estimate of drug-likeness (QED) is 0.850. The molecule has 1 rings (SSSR count). The Labute approximate surface area is 111 Å². The molecule has 1 aromatic heterocycles. The zero-order valence-electron chi connectivity index (χ0n) is 10.8. The summed E-state index contributed by atoms with van der Waals surface area (Å²) in [4.78, 5) is 10.6. The monoisotopic (exact) mass is 300 g/mol. The maximum absolute atomic E-state index is 13.8. The molecule has 0 aliphatic rings. The third-order valence-corrected chi connectivity index (χ3v) is 2.76. The number of alkyl halides is 5. The number of halogens is 5. The fraction of sp³-hybridized carbons (Fsp3) is 0.636. The molecule has 0 aromatic carbocycles. The average Bonchev–Trinajstić information content (AvgIpc) is 2.67. The van der Waals surface area contributed by atoms with Crippen molar-refractivity contribution in [3.8, 4) is 0 Å². The number of nitrogens with zero attached hydrogens (tertiary/aromatic N) is 2. The number of aliphatic carboxylic acids is 1. The smallest absolute Gasteiger partial charge is 0.435 e. The van der Waals surface area contributed by atoms with E-state index in [4.69, 9.17) is 5.11 Å². The molecule has 0 atom stereocenters. The molecule has 20 heavy (non-hydrogen) atoms. The van der Waals surface area contributed by atoms with Crippen molar-refractivity contribution in [1.82, 2.24) is 9.78 Å². The molecule has 0 saturated heterocycles. The van der Waals surface area contributed by atoms with Gasteiger partial charge in [0.25, 0.3) is 5.92 Å². The number of hydrogen-bond donors (Lipinski definition) is 1. The largest absolute Gasteiger partial charge is 0.480 e. The van der Waals surface area contributed by atoms with Crippen LogP contribution >= 0.6 is 0 Å². The predicted octanol–water partition coefficient (Wildman–Crippen LogP) is 3.05. The molecule has 0 aliphatic carbocycles. The van der Waals surface area contributed by atoms with Crippen molar-refractivity contribution in [3.05, 3.63) is 17.0 Å². The molecule has 0 spiro atoms. The summed E-state index contributed by atoms with van der Waals surface area (Å²) in [5.74, 6) is -5.17. The highest BCUT2D eigenvalue weighted by Crippen LogP contribution is 2.42. The van der Waals surface area contributed by atoms with Crippen LogP contribution in [0.25, 0.3) is 0 Å². The van der Waals surface area contributed by atoms with Crippen molar-refractivity contribution in [2.24, 2.45) is 0 Å². The van der Waals surface area contributed by atoms with E-state index in [0.29, 0.717) is 4.68 Å². The van der Waals surface area contributed by atoms with E-state index in [9.17, 15) is 26.7 Å². The first-order valence-corrected chi connectivity index (χ1v) is 5.81. The summed E-state index contributed by atoms with van der Waals surface area (Å²) in [6.45, 7) is 1.52. The highest BCUT2D eigenvalue weighted by Gasteiger charge is 2.47. The Morgan fingerprint density at radius 2 is 1.80 bits per heavy atom. The molecule has 114 valence electrons. The molecular formula is C11H13F5N2O2. The second-order valence-corrected chi connectivity index (χ2v) is 4.13. The lowest BCUT2D eigenvalue weighted by Crippen LogP contribution is -2.20. The summed E-state index contributed by atoms with van der Waals surface area (Å²) >= 11 is 0. The number of carboxylic acid groups (broad SMARTS) is 1. The number of carboxylic acids is 1. The minimum Gasteiger partial charge on any atom is -0.480 e. The Hall–Kier alpha value is -1.67. The third-order valence-electron chi connectivity index (χ3n) is 2.76. The summed E-state index contributed by atoms with van der Waals surface area (Å²) in [5, 5.41) is 11.7. The lowest BCUT2D eigenvalue weighted by Gasteiger charge is -2.17. The van der Waals surface area contributed by atoms with E-state index >= 15 is 0 Å². The molecule has 0 radical (unpaired) electrons. The second kappa shape index (κ2) is 5.37. The van der Waals surface area contributed by atoms with E-state index in [1.807, 2.05) is 0 Å². The normalized spacial score (nSPS) is 12.8. The van der Waals surface area contributed by atoms with Gasteiger partial charge in [0.1, 0.15) is 6.54 Å². The van der Waals surface area contributed by atoms with Gasteiger partial charge in [-0.05, 0) is 6.42 Å². The summed E-state index contributed by atoms with van der Waals surface area (Å²) < 4.78 is 66.5. The maximum Gasteiger partial charge on any atom is 0.435 e. The molecule has 9 heteroatoms. The van der Waals surface area contributed by atoms with Crippen LogP contribution in [0.5, 0.6) is 0 Å². The maximum atomic E-state index is 13.8. The minimum atomic E-state index is -5.07. The van der Waals surface area contributed by atoms with Crippen molar-refractivity contribution >= 4 is 5.97 Å². The molecule has 4 nitrogen and oxygen atoms in total. The van der Waals surface area contributed by atoms with Gasteiger partial charge in [-0.1, -0.05) is 13.8 Å². The van der Waals surface area contributed by atoms with E-state index in [1.54, 1.807) is 0 Å². The predicted molar refractivity (Wildman–Crippen MR) is 58.4 cm³/mol. The Bertz CT molecular complexity index is 508. The minimum absolute atomic E-state index is 0.179. The zero-order valence-corrected chi connectivity index (χ0v) is 10.8. The van der Waals surface area contributed by atoms with Gasteiger partial charge in [0.15, 0.2) is 5.69 Å². The first-order chi connectivity index (χ1) is 9.04. The van der Waals surface area contributed by atoms with E-state index in [0.717, 1.165) is 6.92 Å². The number of hydrogen-bond acceptors (Lipinski definition) is 2. The standard InChI is InChI=1S/C11H13F5N2O2/c1-3-6-8(10(12,13)4-2)9(11(14,15)16)17-18(6)5-7(19)20/h3-5H2,1-2H3,(H,19,20). The van der Waals surface area contributed by atoms with Crippen LogP contribution in [-0.4, -0.2) is 20.9 Å². The van der Waals surface area contributed by atoms with E-state index in [2.05, 4.69) is 5.10 Å². The van der Waals surface area contributed by atoms with Crippen LogP contribution in [0.15, 0.2) is 0 Å². The third kappa shape index (κ3) is 3.07. The Morgan fingerprint density at radius 3 is 2.15 bits per heavy atom. The molecule has 1 N–H and O–H groups in total. The molecule has 1 aromatic rings. The molecule has 0 amide bonds. The SMILES string of the molecule is CCc1c(C(F)(F)CC)c(C(F)(F)F)nn1CC(=O)O. The number of carbonyl (C=O) groups is 1. The molecule has 0 saturated carbocycles. The van der Waals surface area contributed by atoms with Crippen LogP contribution in [0.3, 0.4) is 0 Å². The van der Waals surface area contributed by atoms with Crippen molar-refractivity contribution in [1.29, 1.82) is 0 Å². The highest BCUT2D eigenvalue weighted by molar-refractivity contribution is 5.66. The van der Waals surface area contributed by atoms with Gasteiger partial charge in [0.2, 0.25) is 0 Å². The molecule has 0 aliphatic heterocycles. The van der Waals surface area contributed by atoms with E-state index < -0.39 is 48.0 Å². The highest BCUT2D eigenvalue weighted by atomic mass is 19.4. The zero-order chi connectivity index (χ0) is 15.7. The summed E-state index contributed by atoms with van der Waals surface area (Å²) in [6, 6.07) is 0. The van der Waals surface area contributed by atoms with Crippen LogP contribution in [0.4, 0.5) is 22.0 Å². The molecule has 0 bridgehead atoms. The van der Waals surface area contributed by atoms with Crippen molar-refractivity contribution < 1.29 is 31.9 Å². The Morgan fingerprint density at radius 1 is 1.25 bits per heavy atom. The first kappa shape index (κ1) is 16.4. The summed E-state index contributed by atoms with van der Waals surface area (Å²) in [5.41, 5.74) is -3.36. The lowest BCUT2D eigenvalue weighted by molar-refractivity contribution is -0.146. The van der Waals surface area contributed by atoms with Crippen molar-refractivity contribution in [2.45, 2.75) is 45.3 Å². The van der Waals surface area contributed by atoms with Crippen LogP contribution in [0.1, 0.15) is 37.2 Å². The van der Waals surface area contributed by atoms with E-state index in [-0.39, 0.29) is 6.42 Å². The first-order valence-electron chi connectivity index (χ1n) is 5.81. The fourth-order valence-electron chi connectivity index (χ4n) is 1.87. The Kier molecular flexibility index (Phi) is 4.40. The fourth-order valence-corrected chi connectivity index (χ4v) is 1.87. The van der Waals surface area contributed by atoms with Crippen molar-refractivity contribution in [2.75, 3.05) is 0 Å². The van der Waals surface area contributed by atoms with Gasteiger partial charge in [-0.3, -0.25) is 9.48 Å². The summed E-state index contributed by atoms with van der Waals surface area (Å²) in [6.07, 6.45) is -6.08. The van der Waals surface area contributed by atoms with Crippen molar-refractivity contribution in [3.63, 3.8) is 0 Å². The van der Waals surface area contributed by atoms with Gasteiger partial charge in [-0.25, -0.2) is 8.78 Å². The Balaban J connectivity index is 3.59. The van der Waals surface area contributed by atoms with E-state index in [1.165, 1.54) is 6.92 Å². The van der Waals surface area contributed by atoms with Gasteiger partial charge in [0, 0.05) is 12.1 Å². The number of rotatable bonds is 5. The van der Waals surface area contributed by atoms with Crippen LogP contribution in [-0.2, 0) is 29.9 Å². The van der Waals surface area contributed by atoms with Crippen LogP contribution in [0.2, 0.25) is 0 Å². The molecule has 1 heterocycles. The molecule has 0 fully saturated rings. The molecule has 0 unspecified atom stereocenters. The topological polar surface area (TPSA) is 55.1 Å². The van der Waals surface area contributed by atoms with Crippen LogP contribution in [0, 0.1) is 0 Å². The van der Waals surface area contributed by atoms with Gasteiger partial charge in [-0.2, -0.15) is 18.3 Å². The molecular weight excluding hydrogens is 287 g/mol. The van der Waals surface area contributed by atoms with Gasteiger partial charge in [-0.15, -0.1) is 0 Å². The average molecular weight is 300 g/mol. The summed E-state index contributed by atoms with van der Waals surface area (Å²) in [7, 11) is 0. The van der Waals surface area contributed by atoms with Gasteiger partial charge < -0.3 is 5.11 Å². The number of aromatic nitrogens is 2. The van der Waals surface area contributed by atoms with Crippen LogP contribution < -0.4 is 0 Å². The second-order valence-electron chi connectivity index (χ2n) is 4.13. The lowest BCUT2D eigenvalue weighted by atomic mass is 10.0. The van der Waals surface area contributed by atoms with Gasteiger partial charge >= 0.3 is 12.1 Å².